The van der Waals surface area contributed by atoms with E-state index < -0.39 is 0 Å². The highest BCUT2D eigenvalue weighted by Gasteiger charge is 2.23. The summed E-state index contributed by atoms with van der Waals surface area (Å²) in [5, 5.41) is 3.02. The van der Waals surface area contributed by atoms with Crippen LogP contribution in [0.15, 0.2) is 24.3 Å². The van der Waals surface area contributed by atoms with Crippen LogP contribution in [0.4, 0.5) is 5.69 Å². The first-order valence-electron chi connectivity index (χ1n) is 6.77. The van der Waals surface area contributed by atoms with Crippen molar-refractivity contribution in [1.29, 1.82) is 0 Å². The van der Waals surface area contributed by atoms with Crippen molar-refractivity contribution in [2.24, 2.45) is 11.8 Å². The second-order valence-electron chi connectivity index (χ2n) is 5.42. The number of anilines is 1. The van der Waals surface area contributed by atoms with Crippen LogP contribution in [0.25, 0.3) is 0 Å². The average Bonchev–Trinajstić information content (AvgIpc) is 2.37. The first kappa shape index (κ1) is 12.9. The molecule has 1 saturated carbocycles. The molecule has 0 atom stereocenters. The fourth-order valence-electron chi connectivity index (χ4n) is 2.56. The maximum absolute atomic E-state index is 12.0. The Morgan fingerprint density at radius 1 is 1.33 bits per heavy atom. The number of rotatable bonds is 3. The van der Waals surface area contributed by atoms with Crippen LogP contribution >= 0.6 is 0 Å². The number of nitrogen functional groups attached to an aromatic ring is 1. The van der Waals surface area contributed by atoms with Gasteiger partial charge in [0.25, 0.3) is 0 Å². The molecule has 0 radical (unpaired) electrons. The molecule has 0 heterocycles. The minimum atomic E-state index is 0.198. The molecule has 0 aliphatic heterocycles. The smallest absolute Gasteiger partial charge is 0.223 e. The molecule has 1 aliphatic carbocycles. The Kier molecular flexibility index (Phi) is 4.24. The van der Waals surface area contributed by atoms with Crippen LogP contribution in [0, 0.1) is 11.8 Å². The highest BCUT2D eigenvalue weighted by molar-refractivity contribution is 5.78. The topological polar surface area (TPSA) is 55.1 Å². The number of hydrogen-bond donors (Lipinski definition) is 2. The molecular weight excluding hydrogens is 224 g/mol. The fourth-order valence-corrected chi connectivity index (χ4v) is 2.56. The van der Waals surface area contributed by atoms with Crippen molar-refractivity contribution < 1.29 is 4.79 Å². The number of nitrogens with two attached hydrogens (primary N) is 1. The molecule has 3 N–H and O–H groups in total. The van der Waals surface area contributed by atoms with Gasteiger partial charge in [0.1, 0.15) is 0 Å². The average molecular weight is 246 g/mol. The Morgan fingerprint density at radius 3 is 2.72 bits per heavy atom. The highest BCUT2D eigenvalue weighted by atomic mass is 16.1. The van der Waals surface area contributed by atoms with Gasteiger partial charge in [-0.2, -0.15) is 0 Å². The van der Waals surface area contributed by atoms with Crippen molar-refractivity contribution in [1.82, 2.24) is 5.32 Å². The Balaban J connectivity index is 1.81. The Labute approximate surface area is 109 Å². The lowest BCUT2D eigenvalue weighted by Crippen LogP contribution is -2.32. The van der Waals surface area contributed by atoms with E-state index in [0.29, 0.717) is 6.54 Å². The van der Waals surface area contributed by atoms with E-state index in [-0.39, 0.29) is 11.8 Å². The third-order valence-corrected chi connectivity index (χ3v) is 3.80. The monoisotopic (exact) mass is 246 g/mol. The van der Waals surface area contributed by atoms with Crippen LogP contribution in [-0.4, -0.2) is 5.91 Å². The summed E-state index contributed by atoms with van der Waals surface area (Å²) in [4.78, 5) is 12.0. The Bertz CT molecular complexity index is 409. The summed E-state index contributed by atoms with van der Waals surface area (Å²) < 4.78 is 0. The van der Waals surface area contributed by atoms with Gasteiger partial charge in [0, 0.05) is 18.2 Å². The molecule has 2 rings (SSSR count). The third-order valence-electron chi connectivity index (χ3n) is 3.80. The van der Waals surface area contributed by atoms with E-state index in [9.17, 15) is 4.79 Å². The minimum absolute atomic E-state index is 0.198. The molecular formula is C15H22N2O. The van der Waals surface area contributed by atoms with Crippen LogP contribution in [0.3, 0.4) is 0 Å². The van der Waals surface area contributed by atoms with Gasteiger partial charge in [0.05, 0.1) is 0 Å². The quantitative estimate of drug-likeness (QED) is 0.806. The maximum atomic E-state index is 12.0. The number of hydrogen-bond acceptors (Lipinski definition) is 2. The van der Waals surface area contributed by atoms with E-state index in [0.717, 1.165) is 30.0 Å². The molecule has 0 unspecified atom stereocenters. The molecule has 1 aliphatic rings. The summed E-state index contributed by atoms with van der Waals surface area (Å²) in [7, 11) is 0. The molecule has 1 fully saturated rings. The van der Waals surface area contributed by atoms with Gasteiger partial charge in [-0.15, -0.1) is 0 Å². The summed E-state index contributed by atoms with van der Waals surface area (Å²) in [6, 6.07) is 7.66. The number of nitrogens with one attached hydrogen (secondary N) is 1. The van der Waals surface area contributed by atoms with Gasteiger partial charge in [-0.25, -0.2) is 0 Å². The van der Waals surface area contributed by atoms with Crippen molar-refractivity contribution >= 4 is 11.6 Å². The third kappa shape index (κ3) is 3.49. The van der Waals surface area contributed by atoms with E-state index in [1.807, 2.05) is 24.3 Å². The standard InChI is InChI=1S/C15H22N2O/c1-11-5-7-13(8-6-11)15(18)17-10-12-3-2-4-14(16)9-12/h2-4,9,11,13H,5-8,10,16H2,1H3,(H,17,18). The largest absolute Gasteiger partial charge is 0.399 e. The zero-order valence-corrected chi connectivity index (χ0v) is 11.0. The lowest BCUT2D eigenvalue weighted by atomic mass is 9.82. The molecule has 1 amide bonds. The van der Waals surface area contributed by atoms with Crippen molar-refractivity contribution in [3.8, 4) is 0 Å². The lowest BCUT2D eigenvalue weighted by molar-refractivity contribution is -0.126. The number of amides is 1. The summed E-state index contributed by atoms with van der Waals surface area (Å²) in [5.74, 6) is 1.19. The Hall–Kier alpha value is -1.51. The predicted molar refractivity (Wildman–Crippen MR) is 73.8 cm³/mol. The van der Waals surface area contributed by atoms with Crippen LogP contribution in [0.5, 0.6) is 0 Å². The zero-order chi connectivity index (χ0) is 13.0. The summed E-state index contributed by atoms with van der Waals surface area (Å²) in [6.07, 6.45) is 4.42. The van der Waals surface area contributed by atoms with E-state index in [2.05, 4.69) is 12.2 Å². The van der Waals surface area contributed by atoms with Gasteiger partial charge in [-0.1, -0.05) is 19.1 Å². The molecule has 3 nitrogen and oxygen atoms in total. The van der Waals surface area contributed by atoms with Gasteiger partial charge < -0.3 is 11.1 Å². The molecule has 18 heavy (non-hydrogen) atoms. The number of benzene rings is 1. The molecule has 0 bridgehead atoms. The van der Waals surface area contributed by atoms with E-state index in [1.165, 1.54) is 12.8 Å². The molecule has 0 saturated heterocycles. The second kappa shape index (κ2) is 5.89. The van der Waals surface area contributed by atoms with Crippen LogP contribution in [0.1, 0.15) is 38.2 Å². The SMILES string of the molecule is CC1CCC(C(=O)NCc2cccc(N)c2)CC1. The van der Waals surface area contributed by atoms with Crippen molar-refractivity contribution in [3.63, 3.8) is 0 Å². The zero-order valence-electron chi connectivity index (χ0n) is 11.0. The lowest BCUT2D eigenvalue weighted by Gasteiger charge is -2.25. The van der Waals surface area contributed by atoms with E-state index in [4.69, 9.17) is 5.73 Å². The maximum Gasteiger partial charge on any atom is 0.223 e. The summed E-state index contributed by atoms with van der Waals surface area (Å²) in [5.41, 5.74) is 7.52. The van der Waals surface area contributed by atoms with Crippen LogP contribution in [0.2, 0.25) is 0 Å². The van der Waals surface area contributed by atoms with Gasteiger partial charge >= 0.3 is 0 Å². The van der Waals surface area contributed by atoms with E-state index in [1.54, 1.807) is 0 Å². The summed E-state index contributed by atoms with van der Waals surface area (Å²) >= 11 is 0. The molecule has 1 aromatic carbocycles. The molecule has 1 aromatic rings. The molecule has 0 spiro atoms. The van der Waals surface area contributed by atoms with Gasteiger partial charge in [0.2, 0.25) is 5.91 Å². The summed E-state index contributed by atoms with van der Waals surface area (Å²) in [6.45, 7) is 2.84. The number of carbonyl (C=O) groups is 1. The van der Waals surface area contributed by atoms with Gasteiger partial charge in [-0.05, 0) is 49.3 Å². The first-order valence-corrected chi connectivity index (χ1v) is 6.77. The van der Waals surface area contributed by atoms with Gasteiger partial charge in [-0.3, -0.25) is 4.79 Å². The van der Waals surface area contributed by atoms with Crippen LogP contribution in [-0.2, 0) is 11.3 Å². The first-order chi connectivity index (χ1) is 8.65. The molecule has 0 aromatic heterocycles. The second-order valence-corrected chi connectivity index (χ2v) is 5.42. The minimum Gasteiger partial charge on any atom is -0.399 e. The number of carbonyl (C=O) groups excluding carboxylic acids is 1. The Morgan fingerprint density at radius 2 is 2.06 bits per heavy atom. The normalized spacial score (nSPS) is 23.6. The fraction of sp³-hybridized carbons (Fsp3) is 0.533. The predicted octanol–water partition coefficient (Wildman–Crippen LogP) is 2.71. The van der Waals surface area contributed by atoms with Crippen molar-refractivity contribution in [2.75, 3.05) is 5.73 Å². The van der Waals surface area contributed by atoms with Gasteiger partial charge in [0.15, 0.2) is 0 Å². The van der Waals surface area contributed by atoms with Crippen LogP contribution < -0.4 is 11.1 Å². The highest BCUT2D eigenvalue weighted by Crippen LogP contribution is 2.28. The van der Waals surface area contributed by atoms with Crippen molar-refractivity contribution in [2.45, 2.75) is 39.2 Å². The molecule has 98 valence electrons. The van der Waals surface area contributed by atoms with Crippen molar-refractivity contribution in [3.05, 3.63) is 29.8 Å². The van der Waals surface area contributed by atoms with E-state index >= 15 is 0 Å². The molecule has 3 heteroatoms.